The third-order valence-corrected chi connectivity index (χ3v) is 8.67. The van der Waals surface area contributed by atoms with Crippen LogP contribution in [-0.2, 0) is 4.79 Å². The molecule has 0 heterocycles. The first-order valence-corrected chi connectivity index (χ1v) is 9.99. The molecule has 0 aromatic rings. The fraction of sp³-hybridized carbons (Fsp3) is 0.950. The Hall–Kier alpha value is -0.530. The molecule has 0 aliphatic heterocycles. The zero-order valence-corrected chi connectivity index (χ0v) is 13.6. The Labute approximate surface area is 134 Å². The maximum Gasteiger partial charge on any atom is 0.303 e. The second-order valence-corrected chi connectivity index (χ2v) is 9.15. The van der Waals surface area contributed by atoms with E-state index in [9.17, 15) is 4.79 Å². The molecule has 1 N–H and O–H groups in total. The highest BCUT2D eigenvalue weighted by Crippen LogP contribution is 2.84. The van der Waals surface area contributed by atoms with Gasteiger partial charge in [0.1, 0.15) is 0 Å². The maximum absolute atomic E-state index is 10.5. The number of unbranched alkanes of at least 4 members (excludes halogenated alkanes) is 4. The highest BCUT2D eigenvalue weighted by molar-refractivity contribution is 5.66. The van der Waals surface area contributed by atoms with Gasteiger partial charge < -0.3 is 5.11 Å². The summed E-state index contributed by atoms with van der Waals surface area (Å²) in [6.45, 7) is 0. The van der Waals surface area contributed by atoms with Crippen LogP contribution >= 0.6 is 0 Å². The van der Waals surface area contributed by atoms with Gasteiger partial charge in [-0.1, -0.05) is 32.1 Å². The van der Waals surface area contributed by atoms with Gasteiger partial charge in [-0.2, -0.15) is 0 Å². The number of hydrogen-bond donors (Lipinski definition) is 1. The van der Waals surface area contributed by atoms with E-state index < -0.39 is 5.97 Å². The van der Waals surface area contributed by atoms with Crippen LogP contribution in [0, 0.1) is 53.3 Å². The number of carboxylic acids is 1. The van der Waals surface area contributed by atoms with Crippen molar-refractivity contribution in [2.45, 2.75) is 64.2 Å². The first-order valence-electron chi connectivity index (χ1n) is 9.99. The smallest absolute Gasteiger partial charge is 0.303 e. The molecule has 0 saturated heterocycles. The van der Waals surface area contributed by atoms with E-state index in [1.54, 1.807) is 19.3 Å². The van der Waals surface area contributed by atoms with Crippen LogP contribution in [0.4, 0.5) is 0 Å². The summed E-state index contributed by atoms with van der Waals surface area (Å²) in [5, 5.41) is 8.62. The number of carboxylic acid groups (broad SMARTS) is 1. The summed E-state index contributed by atoms with van der Waals surface area (Å²) < 4.78 is 0. The average Bonchev–Trinajstić information content (AvgIpc) is 2.44. The fourth-order valence-corrected chi connectivity index (χ4v) is 7.68. The minimum Gasteiger partial charge on any atom is -0.481 e. The van der Waals surface area contributed by atoms with Gasteiger partial charge in [0.15, 0.2) is 0 Å². The molecular weight excluding hydrogens is 272 g/mol. The highest BCUT2D eigenvalue weighted by atomic mass is 16.4. The van der Waals surface area contributed by atoms with E-state index in [1.165, 1.54) is 73.0 Å². The summed E-state index contributed by atoms with van der Waals surface area (Å²) in [7, 11) is 0. The van der Waals surface area contributed by atoms with Gasteiger partial charge in [0, 0.05) is 6.42 Å². The number of fused-ring (bicyclic) bond motifs is 10. The number of aliphatic carboxylic acids is 1. The lowest BCUT2D eigenvalue weighted by Crippen LogP contribution is -2.80. The highest BCUT2D eigenvalue weighted by Gasteiger charge is 2.79. The van der Waals surface area contributed by atoms with Gasteiger partial charge in [-0.25, -0.2) is 0 Å². The van der Waals surface area contributed by atoms with Crippen molar-refractivity contribution < 1.29 is 9.90 Å². The van der Waals surface area contributed by atoms with Gasteiger partial charge in [-0.05, 0) is 78.9 Å². The van der Waals surface area contributed by atoms with Crippen LogP contribution in [-0.4, -0.2) is 11.1 Å². The minimum absolute atomic E-state index is 0.361. The Morgan fingerprint density at radius 2 is 1.41 bits per heavy atom. The second-order valence-electron chi connectivity index (χ2n) is 9.15. The SMILES string of the molecule is O=C(O)CCCCCCC[C@H]1C[C@@H]2[C@H]3[C@@H]4[C@H]5CC[C@H]5[C@@H]4[C@@H]3[C@H]12. The molecule has 2 heteroatoms. The van der Waals surface area contributed by atoms with Crippen LogP contribution < -0.4 is 0 Å². The molecule has 0 spiro atoms. The van der Waals surface area contributed by atoms with Crippen molar-refractivity contribution in [2.24, 2.45) is 53.3 Å². The van der Waals surface area contributed by atoms with E-state index in [0.29, 0.717) is 6.42 Å². The largest absolute Gasteiger partial charge is 0.481 e. The Morgan fingerprint density at radius 1 is 0.773 bits per heavy atom. The number of rotatable bonds is 8. The van der Waals surface area contributed by atoms with Crippen LogP contribution in [0.15, 0.2) is 0 Å². The van der Waals surface area contributed by atoms with Crippen LogP contribution in [0.25, 0.3) is 0 Å². The van der Waals surface area contributed by atoms with Crippen LogP contribution in [0.1, 0.15) is 64.2 Å². The van der Waals surface area contributed by atoms with E-state index >= 15 is 0 Å². The molecule has 2 nitrogen and oxygen atoms in total. The van der Waals surface area contributed by atoms with Crippen LogP contribution in [0.5, 0.6) is 0 Å². The van der Waals surface area contributed by atoms with E-state index in [-0.39, 0.29) is 0 Å². The third kappa shape index (κ3) is 1.70. The quantitative estimate of drug-likeness (QED) is 0.526. The topological polar surface area (TPSA) is 37.3 Å². The Kier molecular flexibility index (Phi) is 3.14. The van der Waals surface area contributed by atoms with Crippen molar-refractivity contribution in [3.63, 3.8) is 0 Å². The summed E-state index contributed by atoms with van der Waals surface area (Å²) >= 11 is 0. The lowest BCUT2D eigenvalue weighted by Gasteiger charge is -2.85. The predicted molar refractivity (Wildman–Crippen MR) is 85.2 cm³/mol. The first-order chi connectivity index (χ1) is 10.8. The van der Waals surface area contributed by atoms with Crippen LogP contribution in [0.2, 0.25) is 0 Å². The average molecular weight is 302 g/mol. The number of hydrogen-bond acceptors (Lipinski definition) is 1. The molecule has 5 fully saturated rings. The van der Waals surface area contributed by atoms with E-state index in [0.717, 1.165) is 18.8 Å². The van der Waals surface area contributed by atoms with Crippen molar-refractivity contribution in [1.82, 2.24) is 0 Å². The molecule has 0 aromatic heterocycles. The molecule has 5 aliphatic carbocycles. The Balaban J connectivity index is 0.995. The molecule has 0 aromatic carbocycles. The van der Waals surface area contributed by atoms with Crippen molar-refractivity contribution in [1.29, 1.82) is 0 Å². The van der Waals surface area contributed by atoms with Crippen molar-refractivity contribution in [3.8, 4) is 0 Å². The molecule has 0 amide bonds. The first kappa shape index (κ1) is 13.9. The van der Waals surface area contributed by atoms with Crippen molar-refractivity contribution in [3.05, 3.63) is 0 Å². The van der Waals surface area contributed by atoms with E-state index in [4.69, 9.17) is 5.11 Å². The molecule has 5 aliphatic rings. The summed E-state index contributed by atoms with van der Waals surface area (Å²) in [4.78, 5) is 10.5. The zero-order chi connectivity index (χ0) is 14.8. The fourth-order valence-electron chi connectivity index (χ4n) is 7.68. The van der Waals surface area contributed by atoms with E-state index in [2.05, 4.69) is 0 Å². The summed E-state index contributed by atoms with van der Waals surface area (Å²) in [5.74, 6) is 10.0. The minimum atomic E-state index is -0.636. The van der Waals surface area contributed by atoms with Gasteiger partial charge in [0.25, 0.3) is 0 Å². The lowest BCUT2D eigenvalue weighted by atomic mass is 9.20. The molecule has 5 rings (SSSR count). The number of carbonyl (C=O) groups is 1. The standard InChI is InChI=1S/C20H30O2/c21-15(22)7-5-3-1-2-4-6-11-10-14-16(11)20-18-13-9-8-12(13)17(18)19(14)20/h11-14,16-20H,1-10H2,(H,21,22)/t11-,12-,13+,14-,16+,17+,18-,19-,20-/m0/s1. The summed E-state index contributed by atoms with van der Waals surface area (Å²) in [5.41, 5.74) is 0. The van der Waals surface area contributed by atoms with Gasteiger partial charge in [-0.3, -0.25) is 4.79 Å². The van der Waals surface area contributed by atoms with E-state index in [1.807, 2.05) is 0 Å². The summed E-state index contributed by atoms with van der Waals surface area (Å²) in [6, 6.07) is 0. The normalized spacial score (nSPS) is 52.3. The molecule has 0 radical (unpaired) electrons. The molecule has 122 valence electrons. The van der Waals surface area contributed by atoms with Crippen molar-refractivity contribution >= 4 is 5.97 Å². The monoisotopic (exact) mass is 302 g/mol. The summed E-state index contributed by atoms with van der Waals surface area (Å²) in [6.07, 6.45) is 12.5. The Morgan fingerprint density at radius 3 is 2.14 bits per heavy atom. The molecule has 0 unspecified atom stereocenters. The van der Waals surface area contributed by atoms with Gasteiger partial charge in [0.2, 0.25) is 0 Å². The zero-order valence-electron chi connectivity index (χ0n) is 13.6. The third-order valence-electron chi connectivity index (χ3n) is 8.67. The van der Waals surface area contributed by atoms with Gasteiger partial charge in [0.05, 0.1) is 0 Å². The molecule has 22 heavy (non-hydrogen) atoms. The molecule has 0 bridgehead atoms. The predicted octanol–water partition coefficient (Wildman–Crippen LogP) is 4.59. The maximum atomic E-state index is 10.5. The molecular formula is C20H30O2. The molecule has 9 atom stereocenters. The molecule has 5 saturated carbocycles. The second kappa shape index (κ2) is 4.98. The Bertz CT molecular complexity index is 466. The van der Waals surface area contributed by atoms with Gasteiger partial charge in [-0.15, -0.1) is 0 Å². The van der Waals surface area contributed by atoms with Gasteiger partial charge >= 0.3 is 5.97 Å². The van der Waals surface area contributed by atoms with Crippen molar-refractivity contribution in [2.75, 3.05) is 0 Å². The lowest BCUT2D eigenvalue weighted by molar-refractivity contribution is -0.375. The van der Waals surface area contributed by atoms with Crippen LogP contribution in [0.3, 0.4) is 0 Å².